The van der Waals surface area contributed by atoms with Gasteiger partial charge in [0.15, 0.2) is 23.2 Å². The smallest absolute Gasteiger partial charge is 0.331 e. The normalized spacial score (nSPS) is 20.1. The predicted octanol–water partition coefficient (Wildman–Crippen LogP) is 1.28. The van der Waals surface area contributed by atoms with E-state index >= 15 is 0 Å². The number of likely N-dealkylation sites (N-methyl/N-ethyl adjacent to an activating group) is 1. The Labute approximate surface area is 168 Å². The number of rotatable bonds is 6. The molecule has 10 heteroatoms. The molecule has 3 rings (SSSR count). The molecule has 1 atom stereocenters. The molecular formula is C19H22FNO7S. The minimum Gasteiger partial charge on any atom is -0.467 e. The van der Waals surface area contributed by atoms with Crippen molar-refractivity contribution in [1.29, 1.82) is 0 Å². The minimum absolute atomic E-state index is 0.0299. The molecule has 2 heterocycles. The zero-order valence-electron chi connectivity index (χ0n) is 15.9. The standard InChI is InChI=1S/C19H22FNO7S/c1-2-21(16-5-6-29(24,25)11-16)17(22)10-27-18(23)4-3-13-7-15(20)8-14-9-26-12-28-19(13)14/h3-4,7-8,16H,2,5-6,9-12H2,1H3/b4-3+. The van der Waals surface area contributed by atoms with Gasteiger partial charge in [0.25, 0.3) is 5.91 Å². The molecule has 0 radical (unpaired) electrons. The molecule has 1 aromatic rings. The Morgan fingerprint density at radius 1 is 1.38 bits per heavy atom. The molecule has 0 saturated carbocycles. The molecule has 29 heavy (non-hydrogen) atoms. The lowest BCUT2D eigenvalue weighted by molar-refractivity contribution is -0.149. The molecule has 1 fully saturated rings. The average Bonchev–Trinajstić information content (AvgIpc) is 3.04. The molecule has 0 N–H and O–H groups in total. The number of carbonyl (C=O) groups is 2. The first-order valence-corrected chi connectivity index (χ1v) is 11.0. The van der Waals surface area contributed by atoms with Crippen LogP contribution in [-0.2, 0) is 35.5 Å². The van der Waals surface area contributed by atoms with Gasteiger partial charge >= 0.3 is 5.97 Å². The summed E-state index contributed by atoms with van der Waals surface area (Å²) in [6, 6.07) is 2.12. The highest BCUT2D eigenvalue weighted by Gasteiger charge is 2.34. The molecule has 1 amide bonds. The van der Waals surface area contributed by atoms with Crippen molar-refractivity contribution in [2.75, 3.05) is 31.5 Å². The van der Waals surface area contributed by atoms with Crippen molar-refractivity contribution in [3.63, 3.8) is 0 Å². The Morgan fingerprint density at radius 3 is 2.86 bits per heavy atom. The summed E-state index contributed by atoms with van der Waals surface area (Å²) < 4.78 is 52.4. The third kappa shape index (κ3) is 5.33. The van der Waals surface area contributed by atoms with Gasteiger partial charge in [-0.15, -0.1) is 0 Å². The van der Waals surface area contributed by atoms with Gasteiger partial charge in [-0.3, -0.25) is 4.79 Å². The maximum atomic E-state index is 13.7. The van der Waals surface area contributed by atoms with Crippen LogP contribution in [0.15, 0.2) is 18.2 Å². The van der Waals surface area contributed by atoms with E-state index in [9.17, 15) is 22.4 Å². The van der Waals surface area contributed by atoms with E-state index in [1.165, 1.54) is 23.1 Å². The highest BCUT2D eigenvalue weighted by Crippen LogP contribution is 2.30. The van der Waals surface area contributed by atoms with Gasteiger partial charge in [-0.1, -0.05) is 0 Å². The van der Waals surface area contributed by atoms with E-state index in [0.29, 0.717) is 29.8 Å². The van der Waals surface area contributed by atoms with Crippen molar-refractivity contribution in [1.82, 2.24) is 4.90 Å². The summed E-state index contributed by atoms with van der Waals surface area (Å²) in [6.45, 7) is 1.79. The summed E-state index contributed by atoms with van der Waals surface area (Å²) in [6.07, 6.45) is 2.81. The van der Waals surface area contributed by atoms with Crippen LogP contribution in [0.25, 0.3) is 6.08 Å². The average molecular weight is 427 g/mol. The van der Waals surface area contributed by atoms with E-state index in [-0.39, 0.29) is 24.9 Å². The quantitative estimate of drug-likeness (QED) is 0.498. The number of hydrogen-bond acceptors (Lipinski definition) is 7. The summed E-state index contributed by atoms with van der Waals surface area (Å²) in [5, 5.41) is 0. The minimum atomic E-state index is -3.13. The van der Waals surface area contributed by atoms with Crippen LogP contribution < -0.4 is 4.74 Å². The lowest BCUT2D eigenvalue weighted by Gasteiger charge is -2.26. The summed E-state index contributed by atoms with van der Waals surface area (Å²) >= 11 is 0. The number of halogens is 1. The first-order chi connectivity index (χ1) is 13.8. The molecule has 2 aliphatic heterocycles. The van der Waals surface area contributed by atoms with Crippen LogP contribution in [0.2, 0.25) is 0 Å². The van der Waals surface area contributed by atoms with Crippen molar-refractivity contribution < 1.29 is 36.6 Å². The van der Waals surface area contributed by atoms with Gasteiger partial charge in [-0.25, -0.2) is 17.6 Å². The number of carbonyl (C=O) groups excluding carboxylic acids is 2. The summed E-state index contributed by atoms with van der Waals surface area (Å²) in [5.41, 5.74) is 0.891. The van der Waals surface area contributed by atoms with Crippen molar-refractivity contribution in [3.05, 3.63) is 35.2 Å². The molecule has 0 spiro atoms. The van der Waals surface area contributed by atoms with Crippen molar-refractivity contribution in [3.8, 4) is 5.75 Å². The summed E-state index contributed by atoms with van der Waals surface area (Å²) in [4.78, 5) is 25.7. The van der Waals surface area contributed by atoms with E-state index in [4.69, 9.17) is 14.2 Å². The maximum absolute atomic E-state index is 13.7. The van der Waals surface area contributed by atoms with E-state index in [1.54, 1.807) is 6.92 Å². The largest absolute Gasteiger partial charge is 0.467 e. The fourth-order valence-electron chi connectivity index (χ4n) is 3.41. The number of amides is 1. The van der Waals surface area contributed by atoms with Gasteiger partial charge in [0.1, 0.15) is 11.6 Å². The van der Waals surface area contributed by atoms with Crippen LogP contribution in [0.1, 0.15) is 24.5 Å². The fourth-order valence-corrected chi connectivity index (χ4v) is 5.14. The van der Waals surface area contributed by atoms with E-state index in [2.05, 4.69) is 0 Å². The Balaban J connectivity index is 1.58. The molecule has 2 aliphatic rings. The molecule has 1 unspecified atom stereocenters. The SMILES string of the molecule is CCN(C(=O)COC(=O)/C=C/c1cc(F)cc2c1OCOC2)C1CCS(=O)(=O)C1. The van der Waals surface area contributed by atoms with Crippen molar-refractivity contribution >= 4 is 27.8 Å². The van der Waals surface area contributed by atoms with Crippen molar-refractivity contribution in [2.45, 2.75) is 26.0 Å². The van der Waals surface area contributed by atoms with E-state index < -0.39 is 40.2 Å². The van der Waals surface area contributed by atoms with Crippen LogP contribution in [0, 0.1) is 5.82 Å². The Bertz CT molecular complexity index is 929. The van der Waals surface area contributed by atoms with Crippen LogP contribution >= 0.6 is 0 Å². The summed E-state index contributed by atoms with van der Waals surface area (Å²) in [7, 11) is -3.13. The van der Waals surface area contributed by atoms with Gasteiger partial charge in [-0.2, -0.15) is 0 Å². The Hall–Kier alpha value is -2.46. The second-order valence-electron chi connectivity index (χ2n) is 6.77. The lowest BCUT2D eigenvalue weighted by atomic mass is 10.1. The molecule has 0 bridgehead atoms. The van der Waals surface area contributed by atoms with Crippen LogP contribution in [0.3, 0.4) is 0 Å². The van der Waals surface area contributed by atoms with Gasteiger partial charge in [0.2, 0.25) is 0 Å². The van der Waals surface area contributed by atoms with Gasteiger partial charge in [0, 0.05) is 29.8 Å². The highest BCUT2D eigenvalue weighted by atomic mass is 32.2. The van der Waals surface area contributed by atoms with Gasteiger partial charge in [-0.05, 0) is 31.6 Å². The van der Waals surface area contributed by atoms with Crippen molar-refractivity contribution in [2.24, 2.45) is 0 Å². The number of ether oxygens (including phenoxy) is 3. The first-order valence-electron chi connectivity index (χ1n) is 9.16. The molecular weight excluding hydrogens is 405 g/mol. The molecule has 0 aromatic heterocycles. The molecule has 8 nitrogen and oxygen atoms in total. The number of fused-ring (bicyclic) bond motifs is 1. The Kier molecular flexibility index (Phi) is 6.53. The van der Waals surface area contributed by atoms with Gasteiger partial charge in [0.05, 0.1) is 18.1 Å². The number of benzene rings is 1. The third-order valence-corrected chi connectivity index (χ3v) is 6.50. The van der Waals surface area contributed by atoms with E-state index in [1.807, 2.05) is 0 Å². The first kappa shape index (κ1) is 21.3. The van der Waals surface area contributed by atoms with Crippen LogP contribution in [0.4, 0.5) is 4.39 Å². The monoisotopic (exact) mass is 427 g/mol. The third-order valence-electron chi connectivity index (χ3n) is 4.75. The topological polar surface area (TPSA) is 99.2 Å². The van der Waals surface area contributed by atoms with Crippen LogP contribution in [-0.4, -0.2) is 62.7 Å². The zero-order chi connectivity index (χ0) is 21.0. The molecule has 158 valence electrons. The fraction of sp³-hybridized carbons (Fsp3) is 0.474. The maximum Gasteiger partial charge on any atom is 0.331 e. The highest BCUT2D eigenvalue weighted by molar-refractivity contribution is 7.91. The number of esters is 1. The second kappa shape index (κ2) is 8.91. The van der Waals surface area contributed by atoms with E-state index in [0.717, 1.165) is 6.08 Å². The Morgan fingerprint density at radius 2 is 2.17 bits per heavy atom. The number of hydrogen-bond donors (Lipinski definition) is 0. The predicted molar refractivity (Wildman–Crippen MR) is 101 cm³/mol. The lowest BCUT2D eigenvalue weighted by Crippen LogP contribution is -2.43. The number of nitrogens with zero attached hydrogens (tertiary/aromatic N) is 1. The van der Waals surface area contributed by atoms with Crippen LogP contribution in [0.5, 0.6) is 5.75 Å². The van der Waals surface area contributed by atoms with Gasteiger partial charge < -0.3 is 19.1 Å². The summed E-state index contributed by atoms with van der Waals surface area (Å²) in [5.74, 6) is -1.33. The zero-order valence-corrected chi connectivity index (χ0v) is 16.7. The molecule has 1 saturated heterocycles. The molecule has 1 aromatic carbocycles. The molecule has 0 aliphatic carbocycles. The second-order valence-corrected chi connectivity index (χ2v) is 9.00. The number of sulfone groups is 1.